The molecule has 0 aliphatic carbocycles. The van der Waals surface area contributed by atoms with E-state index in [0.717, 1.165) is 20.8 Å². The van der Waals surface area contributed by atoms with Gasteiger partial charge in [0.05, 0.1) is 23.3 Å². The summed E-state index contributed by atoms with van der Waals surface area (Å²) in [6.07, 6.45) is 0. The van der Waals surface area contributed by atoms with Crippen LogP contribution >= 0.6 is 11.3 Å². The second-order valence-corrected chi connectivity index (χ2v) is 8.04. The molecule has 2 N–H and O–H groups in total. The highest BCUT2D eigenvalue weighted by Crippen LogP contribution is 2.31. The molecule has 3 aromatic rings. The maximum absolute atomic E-state index is 12.3. The van der Waals surface area contributed by atoms with Crippen LogP contribution in [0.15, 0.2) is 48.5 Å². The Morgan fingerprint density at radius 3 is 2.57 bits per heavy atom. The highest BCUT2D eigenvalue weighted by Gasteiger charge is 2.12. The van der Waals surface area contributed by atoms with Crippen molar-refractivity contribution in [2.24, 2.45) is 0 Å². The Morgan fingerprint density at radius 2 is 1.82 bits per heavy atom. The predicted molar refractivity (Wildman–Crippen MR) is 114 cm³/mol. The average Bonchev–Trinajstić information content (AvgIpc) is 3.05. The predicted octanol–water partition coefficient (Wildman–Crippen LogP) is 3.36. The van der Waals surface area contributed by atoms with Gasteiger partial charge in [-0.2, -0.15) is 0 Å². The van der Waals surface area contributed by atoms with Gasteiger partial charge >= 0.3 is 0 Å². The molecular weight excluding hydrogens is 372 g/mol. The largest absolute Gasteiger partial charge is 0.353 e. The van der Waals surface area contributed by atoms with Gasteiger partial charge in [0.25, 0.3) is 0 Å². The summed E-state index contributed by atoms with van der Waals surface area (Å²) in [7, 11) is 1.75. The number of hydrogen-bond acceptors (Lipinski definition) is 5. The summed E-state index contributed by atoms with van der Waals surface area (Å²) >= 11 is 1.62. The Hall–Kier alpha value is -2.77. The zero-order valence-corrected chi connectivity index (χ0v) is 17.0. The van der Waals surface area contributed by atoms with Crippen LogP contribution in [0.4, 0.5) is 5.69 Å². The van der Waals surface area contributed by atoms with E-state index in [2.05, 4.69) is 15.6 Å². The third kappa shape index (κ3) is 5.37. The van der Waals surface area contributed by atoms with Crippen molar-refractivity contribution in [3.63, 3.8) is 0 Å². The number of benzene rings is 2. The lowest BCUT2D eigenvalue weighted by Gasteiger charge is -2.17. The summed E-state index contributed by atoms with van der Waals surface area (Å²) in [6, 6.07) is 15.7. The van der Waals surface area contributed by atoms with Crippen molar-refractivity contribution in [3.8, 4) is 10.6 Å². The number of aromatic nitrogens is 1. The molecule has 3 rings (SSSR count). The molecular formula is C21H24N4O2S. The van der Waals surface area contributed by atoms with Gasteiger partial charge in [-0.3, -0.25) is 14.5 Å². The van der Waals surface area contributed by atoms with Crippen LogP contribution in [0.3, 0.4) is 0 Å². The first-order valence-corrected chi connectivity index (χ1v) is 9.96. The molecule has 28 heavy (non-hydrogen) atoms. The molecule has 146 valence electrons. The molecule has 6 nitrogen and oxygen atoms in total. The Labute approximate surface area is 168 Å². The van der Waals surface area contributed by atoms with Gasteiger partial charge in [0.2, 0.25) is 11.8 Å². The lowest BCUT2D eigenvalue weighted by atomic mass is 10.2. The van der Waals surface area contributed by atoms with E-state index in [9.17, 15) is 9.59 Å². The van der Waals surface area contributed by atoms with Crippen molar-refractivity contribution in [2.75, 3.05) is 25.5 Å². The number of likely N-dealkylation sites (N-methyl/N-ethyl adjacent to an activating group) is 1. The first-order chi connectivity index (χ1) is 13.4. The number of nitrogens with one attached hydrogen (secondary N) is 2. The van der Waals surface area contributed by atoms with E-state index < -0.39 is 0 Å². The van der Waals surface area contributed by atoms with Gasteiger partial charge in [0.1, 0.15) is 5.01 Å². The molecule has 0 saturated heterocycles. The quantitative estimate of drug-likeness (QED) is 0.642. The van der Waals surface area contributed by atoms with E-state index in [0.29, 0.717) is 5.69 Å². The summed E-state index contributed by atoms with van der Waals surface area (Å²) in [6.45, 7) is 4.13. The smallest absolute Gasteiger partial charge is 0.238 e. The number of rotatable bonds is 7. The van der Waals surface area contributed by atoms with Gasteiger partial charge in [-0.15, -0.1) is 11.3 Å². The molecule has 0 fully saturated rings. The van der Waals surface area contributed by atoms with Crippen LogP contribution < -0.4 is 10.6 Å². The van der Waals surface area contributed by atoms with Crippen LogP contribution in [0.2, 0.25) is 0 Å². The van der Waals surface area contributed by atoms with Gasteiger partial charge in [-0.05, 0) is 45.2 Å². The van der Waals surface area contributed by atoms with Crippen LogP contribution in [-0.2, 0) is 9.59 Å². The molecule has 0 aliphatic rings. The second-order valence-electron chi connectivity index (χ2n) is 7.01. The summed E-state index contributed by atoms with van der Waals surface area (Å²) in [5, 5.41) is 6.63. The van der Waals surface area contributed by atoms with Crippen molar-refractivity contribution >= 4 is 39.1 Å². The van der Waals surface area contributed by atoms with Crippen LogP contribution in [-0.4, -0.2) is 47.9 Å². The number of anilines is 1. The monoisotopic (exact) mass is 396 g/mol. The zero-order chi connectivity index (χ0) is 20.1. The Morgan fingerprint density at radius 1 is 1.07 bits per heavy atom. The first-order valence-electron chi connectivity index (χ1n) is 9.14. The molecule has 1 aromatic heterocycles. The van der Waals surface area contributed by atoms with Gasteiger partial charge < -0.3 is 10.6 Å². The Balaban J connectivity index is 1.62. The minimum absolute atomic E-state index is 0.0833. The third-order valence-corrected chi connectivity index (χ3v) is 5.05. The fraction of sp³-hybridized carbons (Fsp3) is 0.286. The minimum Gasteiger partial charge on any atom is -0.353 e. The van der Waals surface area contributed by atoms with E-state index in [4.69, 9.17) is 0 Å². The van der Waals surface area contributed by atoms with Crippen molar-refractivity contribution in [3.05, 3.63) is 48.5 Å². The van der Waals surface area contributed by atoms with E-state index in [1.165, 1.54) is 0 Å². The van der Waals surface area contributed by atoms with E-state index in [1.807, 2.05) is 62.4 Å². The van der Waals surface area contributed by atoms with E-state index >= 15 is 0 Å². The molecule has 0 bridgehead atoms. The normalized spacial score (nSPS) is 11.2. The summed E-state index contributed by atoms with van der Waals surface area (Å²) in [5.41, 5.74) is 2.64. The fourth-order valence-corrected chi connectivity index (χ4v) is 3.80. The van der Waals surface area contributed by atoms with Crippen molar-refractivity contribution in [1.29, 1.82) is 0 Å². The van der Waals surface area contributed by atoms with Crippen LogP contribution in [0, 0.1) is 0 Å². The minimum atomic E-state index is -0.165. The molecule has 0 spiro atoms. The van der Waals surface area contributed by atoms with Crippen molar-refractivity contribution in [1.82, 2.24) is 15.2 Å². The molecule has 2 aromatic carbocycles. The summed E-state index contributed by atoms with van der Waals surface area (Å²) < 4.78 is 1.13. The number of fused-ring (bicyclic) bond motifs is 1. The van der Waals surface area contributed by atoms with Crippen LogP contribution in [0.5, 0.6) is 0 Å². The molecule has 0 unspecified atom stereocenters. The first kappa shape index (κ1) is 20.0. The molecule has 1 heterocycles. The SMILES string of the molecule is CC(C)NC(=O)CN(C)CC(=O)Nc1cccc(-c2nc3ccccc3s2)c1. The Bertz CT molecular complexity index is 950. The third-order valence-electron chi connectivity index (χ3n) is 3.96. The molecule has 7 heteroatoms. The molecule has 0 aliphatic heterocycles. The molecule has 0 saturated carbocycles. The standard InChI is InChI=1S/C21H24N4O2S/c1-14(2)22-19(26)12-25(3)13-20(27)23-16-8-6-7-15(11-16)21-24-17-9-4-5-10-18(17)28-21/h4-11,14H,12-13H2,1-3H3,(H,22,26)(H,23,27). The van der Waals surface area contributed by atoms with Crippen molar-refractivity contribution < 1.29 is 9.59 Å². The summed E-state index contributed by atoms with van der Waals surface area (Å²) in [5.74, 6) is -0.260. The number of carbonyl (C=O) groups is 2. The number of thiazole rings is 1. The van der Waals surface area contributed by atoms with Gasteiger partial charge in [0.15, 0.2) is 0 Å². The molecule has 0 radical (unpaired) electrons. The van der Waals surface area contributed by atoms with E-state index in [1.54, 1.807) is 23.3 Å². The van der Waals surface area contributed by atoms with Crippen LogP contribution in [0.25, 0.3) is 20.8 Å². The van der Waals surface area contributed by atoms with Gasteiger partial charge in [-0.25, -0.2) is 4.98 Å². The number of hydrogen-bond donors (Lipinski definition) is 2. The number of amides is 2. The highest BCUT2D eigenvalue weighted by molar-refractivity contribution is 7.21. The lowest BCUT2D eigenvalue weighted by molar-refractivity contribution is -0.123. The van der Waals surface area contributed by atoms with Crippen molar-refractivity contribution in [2.45, 2.75) is 19.9 Å². The lowest BCUT2D eigenvalue weighted by Crippen LogP contribution is -2.41. The molecule has 2 amide bonds. The maximum Gasteiger partial charge on any atom is 0.238 e. The highest BCUT2D eigenvalue weighted by atomic mass is 32.1. The topological polar surface area (TPSA) is 74.3 Å². The summed E-state index contributed by atoms with van der Waals surface area (Å²) in [4.78, 5) is 30.5. The van der Waals surface area contributed by atoms with Gasteiger partial charge in [0, 0.05) is 17.3 Å². The van der Waals surface area contributed by atoms with Crippen LogP contribution in [0.1, 0.15) is 13.8 Å². The average molecular weight is 397 g/mol. The number of carbonyl (C=O) groups excluding carboxylic acids is 2. The Kier molecular flexibility index (Phi) is 6.38. The molecule has 0 atom stereocenters. The van der Waals surface area contributed by atoms with E-state index in [-0.39, 0.29) is 30.9 Å². The number of para-hydroxylation sites is 1. The fourth-order valence-electron chi connectivity index (χ4n) is 2.84. The van der Waals surface area contributed by atoms with Gasteiger partial charge in [-0.1, -0.05) is 24.3 Å². The second kappa shape index (κ2) is 8.95. The maximum atomic E-state index is 12.3. The zero-order valence-electron chi connectivity index (χ0n) is 16.2. The number of nitrogens with zero attached hydrogens (tertiary/aromatic N) is 2.